The summed E-state index contributed by atoms with van der Waals surface area (Å²) in [6.07, 6.45) is 3.71. The number of nitrogens with zero attached hydrogens (tertiary/aromatic N) is 4. The minimum atomic E-state index is -1.06. The molecule has 586 valence electrons. The number of rotatable bonds is 10. The number of Topliss-reactive ketones (excluding diaryl/α,β-unsaturated/α-hetero) is 6. The van der Waals surface area contributed by atoms with Crippen LogP contribution in [0.1, 0.15) is 271 Å². The number of alkyl carbamates (subject to hydrolysis) is 1. The molecule has 0 bridgehead atoms. The number of hydrogen-bond donors (Lipinski definition) is 3. The minimum Gasteiger partial charge on any atom is -1.00 e. The molecule has 5 aliphatic rings. The van der Waals surface area contributed by atoms with Gasteiger partial charge in [0, 0.05) is 36.7 Å². The molecular formula is C71H124BrLiMgN6O23. The normalized spacial score (nSPS) is 20.4. The summed E-state index contributed by atoms with van der Waals surface area (Å²) in [5.74, 6) is -1.16. The second-order valence-corrected chi connectivity index (χ2v) is 30.9. The number of halogens is 1. The maximum atomic E-state index is 11.9. The van der Waals surface area contributed by atoms with Gasteiger partial charge < -0.3 is 83.6 Å². The number of carboxylic acid groups (broad SMARTS) is 1. The Hall–Kier alpha value is -5.59. The molecule has 1 unspecified atom stereocenters. The van der Waals surface area contributed by atoms with Gasteiger partial charge in [0.1, 0.15) is 63.3 Å². The van der Waals surface area contributed by atoms with Crippen molar-refractivity contribution in [2.45, 2.75) is 359 Å². The first kappa shape index (κ1) is 111. The van der Waals surface area contributed by atoms with E-state index >= 15 is 0 Å². The van der Waals surface area contributed by atoms with Crippen molar-refractivity contribution in [2.24, 2.45) is 4.99 Å². The molecule has 103 heavy (non-hydrogen) atoms. The van der Waals surface area contributed by atoms with Crippen LogP contribution in [-0.2, 0) is 71.5 Å². The van der Waals surface area contributed by atoms with Gasteiger partial charge in [0.2, 0.25) is 5.91 Å². The topological polar surface area (TPSA) is 400 Å². The zero-order valence-electron chi connectivity index (χ0n) is 67.5. The molecule has 0 aliphatic carbocycles. The smallest absolute Gasteiger partial charge is 1.00 e. The Labute approximate surface area is 651 Å². The van der Waals surface area contributed by atoms with Gasteiger partial charge in [-0.3, -0.25) is 43.6 Å². The summed E-state index contributed by atoms with van der Waals surface area (Å²) in [5, 5.41) is 14.7. The molecule has 29 nitrogen and oxygen atoms in total. The largest absolute Gasteiger partial charge is 2.00 e. The van der Waals surface area contributed by atoms with Crippen LogP contribution in [0.25, 0.3) is 0 Å². The molecule has 0 saturated carbocycles. The molecule has 0 aromatic rings. The van der Waals surface area contributed by atoms with Gasteiger partial charge in [-0.05, 0) is 258 Å². The van der Waals surface area contributed by atoms with E-state index in [1.807, 2.05) is 41.5 Å². The van der Waals surface area contributed by atoms with E-state index in [9.17, 15) is 67.1 Å². The predicted octanol–water partition coefficient (Wildman–Crippen LogP) is 6.25. The van der Waals surface area contributed by atoms with Crippen molar-refractivity contribution >= 4 is 112 Å². The fourth-order valence-corrected chi connectivity index (χ4v) is 9.53. The van der Waals surface area contributed by atoms with Crippen molar-refractivity contribution in [3.05, 3.63) is 7.43 Å². The van der Waals surface area contributed by atoms with Crippen molar-refractivity contribution in [1.29, 1.82) is 0 Å². The number of ketones is 6. The molecule has 4 fully saturated rings. The average molecular weight is 1540 g/mol. The van der Waals surface area contributed by atoms with Crippen LogP contribution in [0.4, 0.5) is 28.8 Å². The van der Waals surface area contributed by atoms with Crippen molar-refractivity contribution in [2.75, 3.05) is 0 Å². The monoisotopic (exact) mass is 1540 g/mol. The van der Waals surface area contributed by atoms with E-state index in [1.54, 1.807) is 123 Å². The molecule has 0 aromatic carbocycles. The molecule has 9 atom stereocenters. The summed E-state index contributed by atoms with van der Waals surface area (Å²) in [6, 6.07) is -1.66. The number of imide groups is 1. The van der Waals surface area contributed by atoms with E-state index in [-0.39, 0.29) is 162 Å². The number of hydrogen-bond acceptors (Lipinski definition) is 24. The van der Waals surface area contributed by atoms with Crippen LogP contribution in [0.3, 0.4) is 0 Å². The number of carboxylic acids is 1. The standard InChI is InChI=1S/C12H21NO4.C12H21NO3.C11H17NO4.C11H19NO4.C10H18O5.C7H13NO.C7H11NO.CH3.BrH.Li.Mg.H2O/c1-8(14)6-7-10(9(2)15)13-11(16)17-12(3,4)5;1-8-6-7-10(9(2)14)13(8)11(15)16-12(3,4)5;1-7(13)8-5-6-9(14)12(8)10(15)16-11(2,3)4;1-7-5-6-8(9(13)14)12(7)10(15)16-11(2,3)4;1-9(2,3)14-7(11)13-8(12)15-10(4,5)6;2*1-5-3-4-7(8-5)6(2)9;;;;;/h10H,6-7H2,1-5H3,(H,13,16);8,10H,6-7H2,1-5H3;8H,5-6H2,1-4H3;7-8H,5-6H2,1-4H3,(H,13,14);1-6H3;5,7-8H,3-4H2,1-2H3;7H,3-4H2,1-2H3;1H3;1H;;;1H2/q;;;;;;;-1;;+1;+2;/p-2/t;8-,10-;8-;7-,8-;;5-,7-;7-;;;;;/m.000.00...../s1. The molecule has 0 spiro atoms. The number of likely N-dealkylation sites (tertiary alicyclic amines) is 3. The fraction of sp³-hybridized carbons (Fsp3) is 0.775. The van der Waals surface area contributed by atoms with Crippen molar-refractivity contribution in [1.82, 2.24) is 25.3 Å². The quantitative estimate of drug-likeness (QED) is 0.0715. The first-order valence-electron chi connectivity index (χ1n) is 33.4. The van der Waals surface area contributed by atoms with Gasteiger partial charge in [-0.2, -0.15) is 0 Å². The molecule has 5 aliphatic heterocycles. The first-order valence-corrected chi connectivity index (χ1v) is 33.4. The number of aliphatic imine (C=N–C) groups is 1. The number of ether oxygens (including phenoxy) is 7. The van der Waals surface area contributed by atoms with Crippen LogP contribution in [0.15, 0.2) is 4.99 Å². The van der Waals surface area contributed by atoms with Crippen LogP contribution in [0, 0.1) is 7.43 Å². The number of amides is 5. The molecule has 0 aromatic heterocycles. The molecule has 32 heteroatoms. The van der Waals surface area contributed by atoms with E-state index in [4.69, 9.17) is 33.5 Å². The third kappa shape index (κ3) is 50.5. The van der Waals surface area contributed by atoms with E-state index in [1.165, 1.54) is 32.6 Å². The summed E-state index contributed by atoms with van der Waals surface area (Å²) in [7, 11) is 0. The van der Waals surface area contributed by atoms with Crippen molar-refractivity contribution in [3.63, 3.8) is 0 Å². The van der Waals surface area contributed by atoms with Crippen molar-refractivity contribution < 1.29 is 147 Å². The summed E-state index contributed by atoms with van der Waals surface area (Å²) in [4.78, 5) is 166. The third-order valence-electron chi connectivity index (χ3n) is 14.0. The Balaban J connectivity index is -0.000000209. The molecule has 4 saturated heterocycles. The van der Waals surface area contributed by atoms with Gasteiger partial charge in [0.25, 0.3) is 0 Å². The van der Waals surface area contributed by atoms with Crippen LogP contribution in [0.5, 0.6) is 0 Å². The zero-order chi connectivity index (χ0) is 77.1. The molecule has 5 amide bonds. The Morgan fingerprint density at radius 2 is 0.913 bits per heavy atom. The van der Waals surface area contributed by atoms with E-state index < -0.39 is 88.3 Å². The Morgan fingerprint density at radius 1 is 0.524 bits per heavy atom. The van der Waals surface area contributed by atoms with Gasteiger partial charge in [-0.1, -0.05) is 0 Å². The number of aliphatic carboxylic acids is 1. The third-order valence-corrected chi connectivity index (χ3v) is 14.0. The van der Waals surface area contributed by atoms with Crippen LogP contribution in [0.2, 0.25) is 0 Å². The Morgan fingerprint density at radius 3 is 1.20 bits per heavy atom. The Kier molecular flexibility index (Phi) is 53.0. The summed E-state index contributed by atoms with van der Waals surface area (Å²) < 4.78 is 34.4. The van der Waals surface area contributed by atoms with Gasteiger partial charge in [-0.25, -0.2) is 38.5 Å². The van der Waals surface area contributed by atoms with Gasteiger partial charge in [0.05, 0.1) is 18.1 Å². The van der Waals surface area contributed by atoms with E-state index in [0.29, 0.717) is 31.7 Å². The maximum Gasteiger partial charge on any atom is 2.00 e. The van der Waals surface area contributed by atoms with E-state index in [0.717, 1.165) is 49.1 Å². The van der Waals surface area contributed by atoms with Crippen LogP contribution < -0.4 is 46.5 Å². The molecule has 5 rings (SSSR count). The predicted molar refractivity (Wildman–Crippen MR) is 381 cm³/mol. The number of carbonyl (C=O) groups is 14. The summed E-state index contributed by atoms with van der Waals surface area (Å²) >= 11 is 0. The van der Waals surface area contributed by atoms with E-state index in [2.05, 4.69) is 27.3 Å². The second-order valence-electron chi connectivity index (χ2n) is 30.9. The summed E-state index contributed by atoms with van der Waals surface area (Å²) in [5.41, 5.74) is -2.65. The minimum absolute atomic E-state index is 0. The molecule has 4 N–H and O–H groups in total. The zero-order valence-corrected chi connectivity index (χ0v) is 70.5. The van der Waals surface area contributed by atoms with Crippen LogP contribution >= 0.6 is 0 Å². The fourth-order valence-electron chi connectivity index (χ4n) is 9.53. The molecular weight excluding hydrogens is 1420 g/mol. The van der Waals surface area contributed by atoms with Gasteiger partial charge in [-0.15, -0.1) is 0 Å². The van der Waals surface area contributed by atoms with Gasteiger partial charge >= 0.3 is 84.6 Å². The Bertz CT molecular complexity index is 2710. The van der Waals surface area contributed by atoms with Crippen molar-refractivity contribution in [3.8, 4) is 0 Å². The van der Waals surface area contributed by atoms with Gasteiger partial charge in [0.15, 0.2) is 23.1 Å². The van der Waals surface area contributed by atoms with Crippen LogP contribution in [-0.4, -0.2) is 225 Å². The molecule has 5 heterocycles. The average Bonchev–Trinajstić information content (AvgIpc) is 1.71. The number of carbonyl (C=O) groups excluding carboxylic acids is 13. The second kappa shape index (κ2) is 49.3. The maximum absolute atomic E-state index is 11.9. The first-order chi connectivity index (χ1) is 44.2. The molecule has 0 radical (unpaired) electrons. The SMILES string of the molecule is CC(=O)CCC(NC(=O)OC(C)(C)C)C(C)=O.CC(=O)[C@@H]1CCC(=O)N1C(=O)OC(C)(C)C.CC(=O)[C@@H]1CCC(C)=N1.CC(=O)[C@@H]1CC[C@H](C)N1.CC(=O)[C@@H]1CC[C@H](C)N1C(=O)OC(C)(C)C.CC(C)(C)OC(=O)OC(=O)OC(C)(C)C.C[C@H]1CC[C@@H](C(=O)O)N1C(=O)OC(C)(C)C.[Br-].[CH3-].[Li+].[Mg+2].[OH-]. The number of nitrogens with one attached hydrogen (secondary N) is 2. The summed E-state index contributed by atoms with van der Waals surface area (Å²) in [6.45, 7) is 48.0.